The van der Waals surface area contributed by atoms with Gasteiger partial charge in [0, 0.05) is 36.3 Å². The average molecular weight is 450 g/mol. The van der Waals surface area contributed by atoms with Crippen molar-refractivity contribution in [1.29, 1.82) is 0 Å². The molecular weight excluding hydrogens is 418 g/mol. The monoisotopic (exact) mass is 449 g/mol. The second-order valence-corrected chi connectivity index (χ2v) is 9.33. The van der Waals surface area contributed by atoms with E-state index in [9.17, 15) is 9.59 Å². The number of aromatic amines is 1. The Bertz CT molecular complexity index is 1190. The highest BCUT2D eigenvalue weighted by molar-refractivity contribution is 5.93. The van der Waals surface area contributed by atoms with Crippen molar-refractivity contribution in [2.75, 3.05) is 6.54 Å². The van der Waals surface area contributed by atoms with Crippen molar-refractivity contribution in [2.45, 2.75) is 65.2 Å². The topological polar surface area (TPSA) is 114 Å². The quantitative estimate of drug-likeness (QED) is 0.581. The van der Waals surface area contributed by atoms with Gasteiger partial charge in [0.1, 0.15) is 11.4 Å². The van der Waals surface area contributed by atoms with Gasteiger partial charge in [-0.15, -0.1) is 0 Å². The van der Waals surface area contributed by atoms with Crippen LogP contribution in [0.4, 0.5) is 0 Å². The summed E-state index contributed by atoms with van der Waals surface area (Å²) in [5, 5.41) is 6.97. The molecule has 0 aliphatic heterocycles. The summed E-state index contributed by atoms with van der Waals surface area (Å²) in [4.78, 5) is 36.6. The molecule has 0 atom stereocenters. The van der Waals surface area contributed by atoms with Gasteiger partial charge in [0.05, 0.1) is 17.0 Å². The van der Waals surface area contributed by atoms with E-state index < -0.39 is 0 Å². The maximum atomic E-state index is 12.4. The summed E-state index contributed by atoms with van der Waals surface area (Å²) < 4.78 is 5.52. The van der Waals surface area contributed by atoms with Gasteiger partial charge < -0.3 is 14.8 Å². The molecule has 2 N–H and O–H groups in total. The minimum Gasteiger partial charge on any atom is -0.356 e. The third kappa shape index (κ3) is 5.21. The average Bonchev–Trinajstić information content (AvgIpc) is 3.23. The first-order valence-electron chi connectivity index (χ1n) is 11.6. The highest BCUT2D eigenvalue weighted by Crippen LogP contribution is 2.39. The van der Waals surface area contributed by atoms with Crippen molar-refractivity contribution in [3.05, 3.63) is 63.2 Å². The van der Waals surface area contributed by atoms with Crippen molar-refractivity contribution in [2.24, 2.45) is 5.92 Å². The van der Waals surface area contributed by atoms with E-state index in [-0.39, 0.29) is 22.9 Å². The number of hydrogen-bond donors (Lipinski definition) is 2. The number of amides is 1. The first kappa shape index (κ1) is 22.9. The molecule has 3 aromatic rings. The van der Waals surface area contributed by atoms with E-state index in [1.165, 1.54) is 0 Å². The van der Waals surface area contributed by atoms with Crippen LogP contribution in [0.15, 0.2) is 33.7 Å². The number of pyridine rings is 1. The van der Waals surface area contributed by atoms with Gasteiger partial charge in [-0.3, -0.25) is 9.59 Å². The van der Waals surface area contributed by atoms with Gasteiger partial charge in [-0.25, -0.2) is 9.97 Å². The molecule has 0 bridgehead atoms. The van der Waals surface area contributed by atoms with Crippen LogP contribution in [0.1, 0.15) is 84.6 Å². The normalized spacial score (nSPS) is 18.5. The molecule has 8 heteroatoms. The molecular formula is C25H31N5O3. The Kier molecular flexibility index (Phi) is 6.72. The van der Waals surface area contributed by atoms with Crippen LogP contribution in [0.25, 0.3) is 11.3 Å². The summed E-state index contributed by atoms with van der Waals surface area (Å²) in [5.74, 6) is 2.14. The standard InChI is InChI=1S/C25H31N5O3/c1-14(2)23-26-13-20(21-11-16(4)30-33-21)22(29-23)18-8-6-17(7-9-18)12-27-24(31)19-10-5-15(3)28-25(19)32/h5,10-11,13-14,17-18H,6-9,12H2,1-4H3,(H,27,31)(H,28,32). The number of rotatable bonds is 6. The van der Waals surface area contributed by atoms with E-state index in [1.807, 2.05) is 19.2 Å². The Morgan fingerprint density at radius 3 is 2.61 bits per heavy atom. The number of carbonyl (C=O) groups is 1. The molecule has 3 aromatic heterocycles. The zero-order valence-electron chi connectivity index (χ0n) is 19.6. The number of nitrogens with zero attached hydrogens (tertiary/aromatic N) is 3. The lowest BCUT2D eigenvalue weighted by atomic mass is 9.79. The highest BCUT2D eigenvalue weighted by Gasteiger charge is 2.28. The number of aryl methyl sites for hydroxylation is 2. The fourth-order valence-corrected chi connectivity index (χ4v) is 4.40. The van der Waals surface area contributed by atoms with Gasteiger partial charge in [-0.2, -0.15) is 0 Å². The van der Waals surface area contributed by atoms with E-state index in [0.717, 1.165) is 54.2 Å². The van der Waals surface area contributed by atoms with E-state index in [4.69, 9.17) is 9.51 Å². The summed E-state index contributed by atoms with van der Waals surface area (Å²) >= 11 is 0. The second kappa shape index (κ2) is 9.68. The van der Waals surface area contributed by atoms with Crippen LogP contribution in [-0.4, -0.2) is 32.6 Å². The van der Waals surface area contributed by atoms with Gasteiger partial charge in [0.2, 0.25) is 0 Å². The van der Waals surface area contributed by atoms with E-state index in [0.29, 0.717) is 24.1 Å². The molecule has 1 saturated carbocycles. The molecule has 4 rings (SSSR count). The highest BCUT2D eigenvalue weighted by atomic mass is 16.5. The fraction of sp³-hybridized carbons (Fsp3) is 0.480. The molecule has 1 aliphatic carbocycles. The third-order valence-electron chi connectivity index (χ3n) is 6.33. The first-order valence-corrected chi connectivity index (χ1v) is 11.6. The maximum absolute atomic E-state index is 12.4. The lowest BCUT2D eigenvalue weighted by Gasteiger charge is -2.29. The summed E-state index contributed by atoms with van der Waals surface area (Å²) in [7, 11) is 0. The van der Waals surface area contributed by atoms with Crippen LogP contribution in [0, 0.1) is 19.8 Å². The fourth-order valence-electron chi connectivity index (χ4n) is 4.40. The zero-order valence-corrected chi connectivity index (χ0v) is 19.6. The van der Waals surface area contributed by atoms with Crippen LogP contribution < -0.4 is 10.9 Å². The number of nitrogens with one attached hydrogen (secondary N) is 2. The molecule has 0 saturated heterocycles. The van der Waals surface area contributed by atoms with E-state index >= 15 is 0 Å². The second-order valence-electron chi connectivity index (χ2n) is 9.33. The van der Waals surface area contributed by atoms with Crippen LogP contribution in [-0.2, 0) is 0 Å². The van der Waals surface area contributed by atoms with Crippen LogP contribution in [0.3, 0.4) is 0 Å². The van der Waals surface area contributed by atoms with E-state index in [1.54, 1.807) is 19.1 Å². The largest absolute Gasteiger partial charge is 0.356 e. The lowest BCUT2D eigenvalue weighted by Crippen LogP contribution is -2.34. The summed E-state index contributed by atoms with van der Waals surface area (Å²) in [6.45, 7) is 8.44. The number of aromatic nitrogens is 4. The molecule has 1 amide bonds. The smallest absolute Gasteiger partial charge is 0.260 e. The van der Waals surface area contributed by atoms with Gasteiger partial charge in [0.25, 0.3) is 11.5 Å². The maximum Gasteiger partial charge on any atom is 0.260 e. The van der Waals surface area contributed by atoms with Crippen molar-refractivity contribution in [1.82, 2.24) is 25.4 Å². The number of hydrogen-bond acceptors (Lipinski definition) is 6. The molecule has 8 nitrogen and oxygen atoms in total. The molecule has 0 aromatic carbocycles. The molecule has 0 spiro atoms. The summed E-state index contributed by atoms with van der Waals surface area (Å²) in [6, 6.07) is 5.24. The molecule has 0 unspecified atom stereocenters. The third-order valence-corrected chi connectivity index (χ3v) is 6.33. The molecule has 1 aliphatic rings. The SMILES string of the molecule is Cc1cc(-c2cnc(C(C)C)nc2C2CCC(CNC(=O)c3ccc(C)[nH]c3=O)CC2)on1. The summed E-state index contributed by atoms with van der Waals surface area (Å²) in [6.07, 6.45) is 5.76. The Hall–Kier alpha value is -3.29. The van der Waals surface area contributed by atoms with Gasteiger partial charge in [0.15, 0.2) is 5.76 Å². The van der Waals surface area contributed by atoms with Crippen molar-refractivity contribution in [3.63, 3.8) is 0 Å². The zero-order chi connectivity index (χ0) is 23.5. The number of carbonyl (C=O) groups excluding carboxylic acids is 1. The molecule has 3 heterocycles. The van der Waals surface area contributed by atoms with Crippen molar-refractivity contribution < 1.29 is 9.32 Å². The van der Waals surface area contributed by atoms with Crippen LogP contribution in [0.2, 0.25) is 0 Å². The Morgan fingerprint density at radius 1 is 1.21 bits per heavy atom. The minimum absolute atomic E-state index is 0.156. The Labute approximate surface area is 193 Å². The Balaban J connectivity index is 1.42. The molecule has 174 valence electrons. The Morgan fingerprint density at radius 2 is 1.97 bits per heavy atom. The molecule has 1 fully saturated rings. The van der Waals surface area contributed by atoms with Gasteiger partial charge >= 0.3 is 0 Å². The van der Waals surface area contributed by atoms with Gasteiger partial charge in [-0.05, 0) is 57.6 Å². The minimum atomic E-state index is -0.351. The van der Waals surface area contributed by atoms with Crippen LogP contribution >= 0.6 is 0 Å². The van der Waals surface area contributed by atoms with Crippen LogP contribution in [0.5, 0.6) is 0 Å². The number of H-pyrrole nitrogens is 1. The predicted molar refractivity (Wildman–Crippen MR) is 125 cm³/mol. The van der Waals surface area contributed by atoms with Gasteiger partial charge in [-0.1, -0.05) is 19.0 Å². The van der Waals surface area contributed by atoms with Crippen molar-refractivity contribution >= 4 is 5.91 Å². The molecule has 33 heavy (non-hydrogen) atoms. The first-order chi connectivity index (χ1) is 15.8. The summed E-state index contributed by atoms with van der Waals surface area (Å²) in [5.41, 5.74) is 3.31. The predicted octanol–water partition coefficient (Wildman–Crippen LogP) is 4.26. The van der Waals surface area contributed by atoms with E-state index in [2.05, 4.69) is 34.3 Å². The lowest BCUT2D eigenvalue weighted by molar-refractivity contribution is 0.0941. The molecule has 0 radical (unpaired) electrons. The van der Waals surface area contributed by atoms with Crippen molar-refractivity contribution in [3.8, 4) is 11.3 Å².